The molecule has 0 N–H and O–H groups in total. The molecule has 0 heterocycles. The maximum atomic E-state index is 2.58. The Bertz CT molecular complexity index is 1140. The summed E-state index contributed by atoms with van der Waals surface area (Å²) in [6.07, 6.45) is 15.0. The third-order valence-electron chi connectivity index (χ3n) is 7.15. The van der Waals surface area contributed by atoms with Crippen molar-refractivity contribution in [3.8, 4) is 0 Å². The molecule has 4 atom stereocenters. The predicted molar refractivity (Wildman–Crippen MR) is 134 cm³/mol. The molecule has 3 aliphatic rings. The minimum atomic E-state index is -0.708. The van der Waals surface area contributed by atoms with Crippen LogP contribution < -0.4 is 10.6 Å². The van der Waals surface area contributed by atoms with Crippen molar-refractivity contribution in [1.82, 2.24) is 0 Å². The summed E-state index contributed by atoms with van der Waals surface area (Å²) in [7, 11) is -0.505. The molecule has 32 heavy (non-hydrogen) atoms. The Morgan fingerprint density at radius 1 is 0.688 bits per heavy atom. The molecular weight excluding hydrogens is 483 g/mol. The Hall–Kier alpha value is -1.81. The first kappa shape index (κ1) is 20.8. The molecule has 0 radical (unpaired) electrons. The van der Waals surface area contributed by atoms with Crippen LogP contribution in [-0.4, -0.2) is 0 Å². The standard InChI is InChI=1S/C21H16P.C9H11.Zr/c1-3-11-19(12-4-1)22(20-13-5-2-6-14-20)21-15-17-9-7-8-10-18(17)16-21;1-2-5-9-7-3-6-8(9)4-1;/h1-16H;1-2,4-6,8-9H,3,7H2;. The second-order valence-electron chi connectivity index (χ2n) is 9.00. The summed E-state index contributed by atoms with van der Waals surface area (Å²) >= 11 is -0.708. The number of hydrogen-bond acceptors (Lipinski definition) is 0. The third-order valence-corrected chi connectivity index (χ3v) is 15.3. The van der Waals surface area contributed by atoms with Gasteiger partial charge in [-0.1, -0.05) is 0 Å². The summed E-state index contributed by atoms with van der Waals surface area (Å²) in [6.45, 7) is 0. The van der Waals surface area contributed by atoms with E-state index in [-0.39, 0.29) is 0 Å². The van der Waals surface area contributed by atoms with E-state index in [4.69, 9.17) is 0 Å². The van der Waals surface area contributed by atoms with Crippen LogP contribution in [0.5, 0.6) is 0 Å². The van der Waals surface area contributed by atoms with Crippen LogP contribution in [0.1, 0.15) is 27.6 Å². The molecule has 0 amide bonds. The molecule has 0 aromatic heterocycles. The Morgan fingerprint density at radius 2 is 1.34 bits per heavy atom. The molecular formula is C30H27PZr. The van der Waals surface area contributed by atoms with Gasteiger partial charge < -0.3 is 0 Å². The molecule has 2 heteroatoms. The van der Waals surface area contributed by atoms with E-state index in [1.165, 1.54) is 29.0 Å². The number of fused-ring (bicyclic) bond motifs is 2. The summed E-state index contributed by atoms with van der Waals surface area (Å²) in [6, 6.07) is 31.8. The summed E-state index contributed by atoms with van der Waals surface area (Å²) in [4.78, 5) is 0. The third kappa shape index (κ3) is 3.89. The van der Waals surface area contributed by atoms with Crippen molar-refractivity contribution >= 4 is 24.6 Å². The molecule has 3 aliphatic carbocycles. The molecule has 0 saturated heterocycles. The van der Waals surface area contributed by atoms with Crippen LogP contribution in [0.3, 0.4) is 0 Å². The Morgan fingerprint density at radius 3 is 2.09 bits per heavy atom. The fourth-order valence-corrected chi connectivity index (χ4v) is 14.5. The number of hydrogen-bond donors (Lipinski definition) is 0. The van der Waals surface area contributed by atoms with Crippen molar-refractivity contribution in [2.45, 2.75) is 20.1 Å². The van der Waals surface area contributed by atoms with Crippen molar-refractivity contribution < 1.29 is 23.2 Å². The predicted octanol–water partition coefficient (Wildman–Crippen LogP) is 7.24. The molecule has 1 fully saturated rings. The molecule has 1 saturated carbocycles. The maximum absolute atomic E-state index is 2.58. The molecule has 0 spiro atoms. The second kappa shape index (κ2) is 9.21. The topological polar surface area (TPSA) is 0 Å². The van der Waals surface area contributed by atoms with Gasteiger partial charge in [-0.25, -0.2) is 0 Å². The molecule has 0 bridgehead atoms. The van der Waals surface area contributed by atoms with Crippen molar-refractivity contribution in [3.05, 3.63) is 126 Å². The fourth-order valence-electron chi connectivity index (χ4n) is 5.64. The van der Waals surface area contributed by atoms with Gasteiger partial charge in [0.1, 0.15) is 0 Å². The summed E-state index contributed by atoms with van der Waals surface area (Å²) in [5.74, 6) is 1.58. The van der Waals surface area contributed by atoms with E-state index in [0.717, 1.165) is 15.5 Å². The Labute approximate surface area is 204 Å². The van der Waals surface area contributed by atoms with Gasteiger partial charge in [-0.2, -0.15) is 0 Å². The van der Waals surface area contributed by atoms with Crippen LogP contribution in [-0.2, 0) is 23.2 Å². The molecule has 6 rings (SSSR count). The molecule has 3 aromatic carbocycles. The van der Waals surface area contributed by atoms with Gasteiger partial charge in [0.15, 0.2) is 0 Å². The molecule has 0 nitrogen and oxygen atoms in total. The summed E-state index contributed by atoms with van der Waals surface area (Å²) in [5, 5.41) is 4.69. The van der Waals surface area contributed by atoms with Crippen LogP contribution in [0.15, 0.2) is 115 Å². The number of rotatable bonds is 5. The quantitative estimate of drug-likeness (QED) is 0.318. The van der Waals surface area contributed by atoms with E-state index in [1.54, 1.807) is 10.9 Å². The summed E-state index contributed by atoms with van der Waals surface area (Å²) in [5.41, 5.74) is 3.09. The van der Waals surface area contributed by atoms with E-state index < -0.39 is 31.2 Å². The molecule has 156 valence electrons. The van der Waals surface area contributed by atoms with Crippen LogP contribution in [0.25, 0.3) is 6.08 Å². The van der Waals surface area contributed by atoms with Crippen molar-refractivity contribution in [2.75, 3.05) is 0 Å². The van der Waals surface area contributed by atoms with Gasteiger partial charge in [0.05, 0.1) is 0 Å². The fraction of sp³-hybridized carbons (Fsp3) is 0.200. The van der Waals surface area contributed by atoms with Crippen molar-refractivity contribution in [3.63, 3.8) is 0 Å². The first-order valence-electron chi connectivity index (χ1n) is 11.7. The van der Waals surface area contributed by atoms with Gasteiger partial charge in [0.25, 0.3) is 0 Å². The zero-order chi connectivity index (χ0) is 21.3. The molecule has 3 aromatic rings. The van der Waals surface area contributed by atoms with E-state index >= 15 is 0 Å². The molecule has 0 aliphatic heterocycles. The SMILES string of the molecule is C1=CC2CC[CH]([Zr][CH]3C(P(c4ccccc4)c4ccccc4)=Cc4ccccc43)C2C=C1. The zero-order valence-electron chi connectivity index (χ0n) is 18.1. The second-order valence-corrected chi connectivity index (χ2v) is 15.3. The minimum absolute atomic E-state index is 0.505. The average molecular weight is 510 g/mol. The van der Waals surface area contributed by atoms with E-state index in [2.05, 4.69) is 115 Å². The zero-order valence-corrected chi connectivity index (χ0v) is 21.5. The van der Waals surface area contributed by atoms with Gasteiger partial charge in [-0.3, -0.25) is 0 Å². The Balaban J connectivity index is 1.42. The normalized spacial score (nSPS) is 25.5. The first-order valence-corrected chi connectivity index (χ1v) is 15.9. The van der Waals surface area contributed by atoms with Crippen LogP contribution in [0.4, 0.5) is 0 Å². The Kier molecular flexibility index (Phi) is 5.98. The monoisotopic (exact) mass is 508 g/mol. The average Bonchev–Trinajstić information content (AvgIpc) is 3.43. The summed E-state index contributed by atoms with van der Waals surface area (Å²) < 4.78 is 1.62. The van der Waals surface area contributed by atoms with Crippen molar-refractivity contribution in [2.24, 2.45) is 11.8 Å². The van der Waals surface area contributed by atoms with Gasteiger partial charge in [0, 0.05) is 0 Å². The van der Waals surface area contributed by atoms with Gasteiger partial charge in [-0.15, -0.1) is 0 Å². The van der Waals surface area contributed by atoms with Crippen LogP contribution in [0, 0.1) is 11.8 Å². The van der Waals surface area contributed by atoms with Gasteiger partial charge in [-0.05, 0) is 0 Å². The van der Waals surface area contributed by atoms with Crippen LogP contribution >= 0.6 is 7.92 Å². The number of benzene rings is 3. The molecule has 4 unspecified atom stereocenters. The van der Waals surface area contributed by atoms with Gasteiger partial charge in [0.2, 0.25) is 0 Å². The number of allylic oxidation sites excluding steroid dienone is 5. The van der Waals surface area contributed by atoms with Crippen LogP contribution in [0.2, 0.25) is 3.63 Å². The first-order chi connectivity index (χ1) is 15.9. The van der Waals surface area contributed by atoms with E-state index in [1.807, 2.05) is 0 Å². The van der Waals surface area contributed by atoms with Crippen molar-refractivity contribution in [1.29, 1.82) is 0 Å². The van der Waals surface area contributed by atoms with E-state index in [9.17, 15) is 0 Å². The van der Waals surface area contributed by atoms with E-state index in [0.29, 0.717) is 3.63 Å². The van der Waals surface area contributed by atoms with Gasteiger partial charge >= 0.3 is 205 Å².